The lowest BCUT2D eigenvalue weighted by molar-refractivity contribution is -0.138. The first-order valence-corrected chi connectivity index (χ1v) is 8.56. The fourth-order valence-electron chi connectivity index (χ4n) is 1.90. The van der Waals surface area contributed by atoms with E-state index in [1.807, 2.05) is 0 Å². The van der Waals surface area contributed by atoms with Crippen LogP contribution in [0.5, 0.6) is 0 Å². The zero-order valence-corrected chi connectivity index (χ0v) is 13.3. The molecule has 1 aromatic carbocycles. The Balaban J connectivity index is 2.36. The van der Waals surface area contributed by atoms with Crippen molar-refractivity contribution in [1.29, 1.82) is 0 Å². The van der Waals surface area contributed by atoms with Crippen LogP contribution in [0.2, 0.25) is 5.02 Å². The summed E-state index contributed by atoms with van der Waals surface area (Å²) in [6, 6.07) is 5.42. The van der Waals surface area contributed by atoms with Gasteiger partial charge in [0, 0.05) is 13.1 Å². The summed E-state index contributed by atoms with van der Waals surface area (Å²) in [6.45, 7) is 2.32. The molecule has 0 saturated heterocycles. The van der Waals surface area contributed by atoms with Crippen molar-refractivity contribution in [1.82, 2.24) is 0 Å². The van der Waals surface area contributed by atoms with Crippen molar-refractivity contribution in [3.8, 4) is 0 Å². The molecule has 0 bridgehead atoms. The lowest BCUT2D eigenvalue weighted by Crippen LogP contribution is -2.23. The molecule has 0 aliphatic rings. The number of halogens is 4. The zero-order valence-electron chi connectivity index (χ0n) is 10.9. The molecule has 2 rings (SSSR count). The van der Waals surface area contributed by atoms with Crippen LogP contribution in [0, 0.1) is 0 Å². The lowest BCUT2D eigenvalue weighted by atomic mass is 10.1. The summed E-state index contributed by atoms with van der Waals surface area (Å²) in [5, 5.41) is 0.600. The summed E-state index contributed by atoms with van der Waals surface area (Å²) in [6.07, 6.45) is -4.40. The van der Waals surface area contributed by atoms with Crippen molar-refractivity contribution < 1.29 is 13.2 Å². The highest BCUT2D eigenvalue weighted by Crippen LogP contribution is 2.35. The molecule has 1 heterocycles. The molecular formula is C13H11ClF3NOS2. The minimum absolute atomic E-state index is 0.0541. The molecule has 0 fully saturated rings. The summed E-state index contributed by atoms with van der Waals surface area (Å²) >= 11 is 5.92. The van der Waals surface area contributed by atoms with E-state index < -0.39 is 11.7 Å². The van der Waals surface area contributed by atoms with E-state index in [-0.39, 0.29) is 21.9 Å². The second kappa shape index (κ2) is 6.37. The van der Waals surface area contributed by atoms with Gasteiger partial charge in [0.05, 0.1) is 5.56 Å². The van der Waals surface area contributed by atoms with Crippen LogP contribution in [0.3, 0.4) is 0 Å². The smallest absolute Gasteiger partial charge is 0.357 e. The van der Waals surface area contributed by atoms with E-state index in [4.69, 9.17) is 11.6 Å². The van der Waals surface area contributed by atoms with Gasteiger partial charge in [-0.25, -0.2) is 0 Å². The average Bonchev–Trinajstić information content (AvgIpc) is 2.76. The van der Waals surface area contributed by atoms with Crippen LogP contribution >= 0.6 is 32.3 Å². The maximum Gasteiger partial charge on any atom is 0.416 e. The molecule has 0 aliphatic heterocycles. The van der Waals surface area contributed by atoms with Crippen LogP contribution in [-0.4, -0.2) is 6.54 Å². The summed E-state index contributed by atoms with van der Waals surface area (Å²) in [7, 11) is 2.17. The molecule has 0 atom stereocenters. The molecule has 21 heavy (non-hydrogen) atoms. The van der Waals surface area contributed by atoms with Gasteiger partial charge in [0.15, 0.2) is 0 Å². The van der Waals surface area contributed by atoms with Crippen molar-refractivity contribution in [3.63, 3.8) is 0 Å². The van der Waals surface area contributed by atoms with Gasteiger partial charge in [0.1, 0.15) is 10.0 Å². The third-order valence-electron chi connectivity index (χ3n) is 2.92. The van der Waals surface area contributed by atoms with Gasteiger partial charge in [-0.05, 0) is 28.9 Å². The molecule has 8 heteroatoms. The quantitative estimate of drug-likeness (QED) is 0.731. The highest BCUT2D eigenvalue weighted by Gasteiger charge is 2.33. The summed E-state index contributed by atoms with van der Waals surface area (Å²) in [4.78, 5) is 13.1. The van der Waals surface area contributed by atoms with Crippen LogP contribution in [-0.2, 0) is 12.7 Å². The van der Waals surface area contributed by atoms with E-state index in [9.17, 15) is 18.0 Å². The largest absolute Gasteiger partial charge is 0.416 e. The maximum atomic E-state index is 13.0. The van der Waals surface area contributed by atoms with E-state index in [0.29, 0.717) is 11.5 Å². The molecule has 0 spiro atoms. The number of hydrogen-bond donors (Lipinski definition) is 0. The molecule has 2 aromatic rings. The van der Waals surface area contributed by atoms with Gasteiger partial charge in [-0.3, -0.25) is 4.79 Å². The van der Waals surface area contributed by atoms with Gasteiger partial charge < -0.3 is 4.90 Å². The molecule has 0 aliphatic carbocycles. The SMILES string of the molecule is CCN(Cc1ccccc1C(F)(F)F)c1ssc(=O)c1Cl. The maximum absolute atomic E-state index is 13.0. The Morgan fingerprint density at radius 1 is 1.24 bits per heavy atom. The Morgan fingerprint density at radius 3 is 2.43 bits per heavy atom. The van der Waals surface area contributed by atoms with Gasteiger partial charge in [-0.2, -0.15) is 13.2 Å². The number of hydrogen-bond acceptors (Lipinski definition) is 4. The first-order chi connectivity index (χ1) is 9.84. The fourth-order valence-corrected chi connectivity index (χ4v) is 4.66. The minimum Gasteiger partial charge on any atom is -0.357 e. The molecule has 0 N–H and O–H groups in total. The second-order valence-corrected chi connectivity index (χ2v) is 6.71. The monoisotopic (exact) mass is 353 g/mol. The number of nitrogens with zero attached hydrogens (tertiary/aromatic N) is 1. The number of benzene rings is 1. The predicted molar refractivity (Wildman–Crippen MR) is 81.6 cm³/mol. The lowest BCUT2D eigenvalue weighted by Gasteiger charge is -2.23. The Kier molecular flexibility index (Phi) is 4.95. The van der Waals surface area contributed by atoms with Crippen LogP contribution in [0.15, 0.2) is 29.1 Å². The first-order valence-electron chi connectivity index (χ1n) is 6.03. The topological polar surface area (TPSA) is 20.3 Å². The van der Waals surface area contributed by atoms with Crippen molar-refractivity contribution in [2.75, 3.05) is 11.4 Å². The molecule has 2 nitrogen and oxygen atoms in total. The fraction of sp³-hybridized carbons (Fsp3) is 0.308. The third kappa shape index (κ3) is 3.59. The van der Waals surface area contributed by atoms with Crippen LogP contribution < -0.4 is 9.64 Å². The van der Waals surface area contributed by atoms with Gasteiger partial charge in [-0.15, -0.1) is 0 Å². The number of alkyl halides is 3. The van der Waals surface area contributed by atoms with Crippen molar-refractivity contribution in [3.05, 3.63) is 50.0 Å². The van der Waals surface area contributed by atoms with Crippen LogP contribution in [0.25, 0.3) is 0 Å². The molecule has 1 aromatic heterocycles. The highest BCUT2D eigenvalue weighted by molar-refractivity contribution is 7.70. The van der Waals surface area contributed by atoms with Crippen LogP contribution in [0.1, 0.15) is 18.1 Å². The van der Waals surface area contributed by atoms with Crippen molar-refractivity contribution in [2.24, 2.45) is 0 Å². The standard InChI is InChI=1S/C13H11ClF3NOS2/c1-2-18(11-10(14)12(19)21-20-11)7-8-5-3-4-6-9(8)13(15,16)17/h3-6H,2,7H2,1H3. The Bertz CT molecular complexity index is 681. The Labute approximate surface area is 131 Å². The first kappa shape index (κ1) is 16.3. The third-order valence-corrected chi connectivity index (χ3v) is 5.73. The van der Waals surface area contributed by atoms with Gasteiger partial charge in [-0.1, -0.05) is 40.1 Å². The van der Waals surface area contributed by atoms with Crippen molar-refractivity contribution in [2.45, 2.75) is 19.6 Å². The van der Waals surface area contributed by atoms with Gasteiger partial charge in [0.25, 0.3) is 4.74 Å². The number of anilines is 1. The predicted octanol–water partition coefficient (Wildman–Crippen LogP) is 4.87. The highest BCUT2D eigenvalue weighted by atomic mass is 35.5. The summed E-state index contributed by atoms with van der Waals surface area (Å²) in [5.74, 6) is 0. The normalized spacial score (nSPS) is 11.7. The minimum atomic E-state index is -4.40. The summed E-state index contributed by atoms with van der Waals surface area (Å²) in [5.41, 5.74) is -0.504. The molecule has 0 amide bonds. The van der Waals surface area contributed by atoms with E-state index in [0.717, 1.165) is 16.4 Å². The molecule has 0 saturated carbocycles. The van der Waals surface area contributed by atoms with E-state index in [1.165, 1.54) is 22.5 Å². The van der Waals surface area contributed by atoms with Crippen molar-refractivity contribution >= 4 is 37.3 Å². The molecule has 0 unspecified atom stereocenters. The Morgan fingerprint density at radius 2 is 1.90 bits per heavy atom. The van der Waals surface area contributed by atoms with E-state index >= 15 is 0 Å². The van der Waals surface area contributed by atoms with E-state index in [2.05, 4.69) is 0 Å². The molecular weight excluding hydrogens is 343 g/mol. The molecule has 114 valence electrons. The van der Waals surface area contributed by atoms with Crippen LogP contribution in [0.4, 0.5) is 18.2 Å². The second-order valence-electron chi connectivity index (χ2n) is 4.24. The average molecular weight is 354 g/mol. The number of rotatable bonds is 4. The van der Waals surface area contributed by atoms with E-state index in [1.54, 1.807) is 17.9 Å². The molecule has 0 radical (unpaired) electrons. The Hall–Kier alpha value is -1.05. The van der Waals surface area contributed by atoms with Gasteiger partial charge in [0.2, 0.25) is 0 Å². The summed E-state index contributed by atoms with van der Waals surface area (Å²) < 4.78 is 38.7. The van der Waals surface area contributed by atoms with Gasteiger partial charge >= 0.3 is 6.18 Å². The zero-order chi connectivity index (χ0) is 15.6.